The lowest BCUT2D eigenvalue weighted by molar-refractivity contribution is -0.138. The Labute approximate surface area is 408 Å². The van der Waals surface area contributed by atoms with Gasteiger partial charge in [-0.15, -0.1) is 22.7 Å². The maximum absolute atomic E-state index is 12.5. The summed E-state index contributed by atoms with van der Waals surface area (Å²) in [6, 6.07) is 15.4. The van der Waals surface area contributed by atoms with Crippen LogP contribution in [0.25, 0.3) is 0 Å². The predicted molar refractivity (Wildman–Crippen MR) is 259 cm³/mol. The van der Waals surface area contributed by atoms with Crippen LogP contribution in [0.4, 0.5) is 0 Å². The number of benzene rings is 2. The molecule has 4 rings (SSSR count). The van der Waals surface area contributed by atoms with Crippen LogP contribution in [-0.2, 0) is 82.4 Å². The molecule has 4 atom stereocenters. The molecule has 0 spiro atoms. The number of thiophene rings is 2. The van der Waals surface area contributed by atoms with Gasteiger partial charge in [-0.25, -0.2) is 43.1 Å². The molecule has 0 bridgehead atoms. The van der Waals surface area contributed by atoms with Gasteiger partial charge < -0.3 is 25.6 Å². The quantitative estimate of drug-likeness (QED) is 0.0366. The van der Waals surface area contributed by atoms with E-state index in [-0.39, 0.29) is 77.1 Å². The van der Waals surface area contributed by atoms with Gasteiger partial charge in [0, 0.05) is 76.3 Å². The fourth-order valence-corrected chi connectivity index (χ4v) is 14.2. The first-order valence-corrected chi connectivity index (χ1v) is 31.5. The van der Waals surface area contributed by atoms with Crippen molar-refractivity contribution in [1.29, 1.82) is 0 Å². The highest BCUT2D eigenvalue weighted by Crippen LogP contribution is 2.23. The monoisotopic (exact) mass is 1100 g/mol. The molecule has 28 heteroatoms. The lowest BCUT2D eigenvalue weighted by Crippen LogP contribution is -2.37. The van der Waals surface area contributed by atoms with Gasteiger partial charge in [-0.1, -0.05) is 31.2 Å². The number of sulfone groups is 2. The molecule has 0 radical (unpaired) electrons. The first kappa shape index (κ1) is 58.2. The van der Waals surface area contributed by atoms with Crippen molar-refractivity contribution < 1.29 is 71.5 Å². The summed E-state index contributed by atoms with van der Waals surface area (Å²) in [5.41, 5.74) is 1.06. The fraction of sp³-hybridized carbons (Fsp3) is 0.400. The molecular weight excluding hydrogens is 1050 g/mol. The van der Waals surface area contributed by atoms with Crippen molar-refractivity contribution in [3.63, 3.8) is 0 Å². The number of sulfonamides is 2. The van der Waals surface area contributed by atoms with Crippen molar-refractivity contribution in [1.82, 2.24) is 20.1 Å². The van der Waals surface area contributed by atoms with Crippen LogP contribution in [0.1, 0.15) is 63.1 Å². The number of aldehydes is 1. The van der Waals surface area contributed by atoms with Crippen LogP contribution >= 0.6 is 22.7 Å². The Balaban J connectivity index is 0.000000361. The number of hydrogen-bond acceptors (Lipinski definition) is 17. The number of aliphatic hydroxyl groups is 1. The lowest BCUT2D eigenvalue weighted by Gasteiger charge is -2.15. The minimum atomic E-state index is -4.17. The van der Waals surface area contributed by atoms with E-state index in [9.17, 15) is 66.4 Å². The molecule has 0 saturated carbocycles. The van der Waals surface area contributed by atoms with Crippen LogP contribution in [0, 0.1) is 0 Å². The third kappa shape index (κ3) is 19.7. The highest BCUT2D eigenvalue weighted by Gasteiger charge is 2.23. The van der Waals surface area contributed by atoms with Crippen LogP contribution in [-0.4, -0.2) is 132 Å². The first-order valence-electron chi connectivity index (χ1n) is 20.1. The van der Waals surface area contributed by atoms with Gasteiger partial charge in [0.1, 0.15) is 14.7 Å². The molecule has 2 aromatic heterocycles. The zero-order chi connectivity index (χ0) is 50.9. The minimum Gasteiger partial charge on any atom is -0.481 e. The summed E-state index contributed by atoms with van der Waals surface area (Å²) in [6.07, 6.45) is 2.89. The zero-order valence-electron chi connectivity index (χ0n) is 36.8. The third-order valence-electron chi connectivity index (χ3n) is 8.98. The Morgan fingerprint density at radius 3 is 1.46 bits per heavy atom. The third-order valence-corrected chi connectivity index (χ3v) is 20.6. The summed E-state index contributed by atoms with van der Waals surface area (Å²) >= 11 is 1.76. The Morgan fingerprint density at radius 2 is 1.10 bits per heavy atom. The Morgan fingerprint density at radius 1 is 0.676 bits per heavy atom. The number of carbonyl (C=O) groups is 4. The van der Waals surface area contributed by atoms with Crippen LogP contribution in [0.5, 0.6) is 0 Å². The summed E-state index contributed by atoms with van der Waals surface area (Å²) in [6.45, 7) is 1.94. The lowest BCUT2D eigenvalue weighted by atomic mass is 10.2. The highest BCUT2D eigenvalue weighted by molar-refractivity contribution is 7.93. The maximum Gasteiger partial charge on any atom is 0.305 e. The average molecular weight is 1100 g/mol. The molecular formula is C40H52N4O16S8. The summed E-state index contributed by atoms with van der Waals surface area (Å²) in [5, 5.41) is 23.3. The fourth-order valence-electron chi connectivity index (χ4n) is 5.56. The normalized spacial score (nSPS) is 13.8. The van der Waals surface area contributed by atoms with Crippen LogP contribution in [0.2, 0.25) is 0 Å². The van der Waals surface area contributed by atoms with Gasteiger partial charge in [0.2, 0.25) is 20.0 Å². The van der Waals surface area contributed by atoms with E-state index in [2.05, 4.69) is 15.4 Å². The molecule has 2 heterocycles. The van der Waals surface area contributed by atoms with Gasteiger partial charge in [-0.2, -0.15) is 0 Å². The second kappa shape index (κ2) is 26.8. The van der Waals surface area contributed by atoms with Gasteiger partial charge in [-0.3, -0.25) is 22.8 Å². The Hall–Kier alpha value is -4.10. The number of carboxylic acid groups (broad SMARTS) is 1. The largest absolute Gasteiger partial charge is 0.481 e. The van der Waals surface area contributed by atoms with E-state index in [1.54, 1.807) is 25.1 Å². The average Bonchev–Trinajstić information content (AvgIpc) is 3.98. The van der Waals surface area contributed by atoms with Crippen molar-refractivity contribution in [2.24, 2.45) is 0 Å². The molecule has 376 valence electrons. The number of rotatable bonds is 27. The summed E-state index contributed by atoms with van der Waals surface area (Å²) in [4.78, 5) is 46.3. The van der Waals surface area contributed by atoms with Gasteiger partial charge in [0.05, 0.1) is 38.6 Å². The van der Waals surface area contributed by atoms with E-state index >= 15 is 0 Å². The molecule has 0 fully saturated rings. The molecule has 2 amide bonds. The summed E-state index contributed by atoms with van der Waals surface area (Å²) < 4.78 is 125. The minimum absolute atomic E-state index is 0.0422. The van der Waals surface area contributed by atoms with E-state index in [4.69, 9.17) is 5.11 Å². The van der Waals surface area contributed by atoms with Gasteiger partial charge >= 0.3 is 5.97 Å². The van der Waals surface area contributed by atoms with E-state index in [1.807, 2.05) is 4.72 Å². The van der Waals surface area contributed by atoms with E-state index < -0.39 is 91.7 Å². The molecule has 4 aromatic rings. The second-order valence-electron chi connectivity index (χ2n) is 14.7. The topological polar surface area (TPSA) is 328 Å². The van der Waals surface area contributed by atoms with Crippen LogP contribution < -0.4 is 20.1 Å². The summed E-state index contributed by atoms with van der Waals surface area (Å²) in [7, 11) is -17.4. The molecule has 0 saturated heterocycles. The predicted octanol–water partition coefficient (Wildman–Crippen LogP) is 1.81. The number of carboxylic acids is 1. The number of hydrogen-bond donors (Lipinski definition) is 6. The Kier molecular flexibility index (Phi) is 22.9. The van der Waals surface area contributed by atoms with E-state index in [0.29, 0.717) is 36.1 Å². The molecule has 0 aliphatic carbocycles. The van der Waals surface area contributed by atoms with Crippen molar-refractivity contribution in [2.75, 3.05) is 43.7 Å². The van der Waals surface area contributed by atoms with Crippen LogP contribution in [0.15, 0.2) is 91.0 Å². The number of aliphatic carboxylic acids is 1. The number of amides is 2. The smallest absolute Gasteiger partial charge is 0.305 e. The van der Waals surface area contributed by atoms with Crippen molar-refractivity contribution >= 4 is 108 Å². The number of carbonyl (C=O) groups excluding carboxylic acids is 3. The molecule has 0 aliphatic rings. The van der Waals surface area contributed by atoms with Crippen molar-refractivity contribution in [3.05, 3.63) is 93.7 Å². The summed E-state index contributed by atoms with van der Waals surface area (Å²) in [5.74, 6) is -1.42. The number of nitrogens with one attached hydrogen (secondary N) is 4. The van der Waals surface area contributed by atoms with E-state index in [1.165, 1.54) is 54.6 Å². The van der Waals surface area contributed by atoms with Gasteiger partial charge in [-0.05, 0) is 78.9 Å². The van der Waals surface area contributed by atoms with Crippen molar-refractivity contribution in [2.45, 2.75) is 74.4 Å². The molecule has 2 unspecified atom stereocenters. The van der Waals surface area contributed by atoms with Gasteiger partial charge in [0.25, 0.3) is 11.8 Å². The Bertz CT molecular complexity index is 2900. The maximum atomic E-state index is 12.5. The van der Waals surface area contributed by atoms with Crippen LogP contribution in [0.3, 0.4) is 0 Å². The second-order valence-corrected chi connectivity index (χ2v) is 28.0. The molecule has 68 heavy (non-hydrogen) atoms. The SMILES string of the molecule is CC[C@@H](CO)NS(=O)(=O)c1cccc(CS(=O)CCCNC(=O)c2ccc(S(C)(=O)=O)s2)c1.CS(=O)(=O)c1ccc(C(=O)NCCCS(=O)Cc2cccc(S(=O)(=O)N[C@H](C=O)CC(=O)O)c2)s1. The zero-order valence-corrected chi connectivity index (χ0v) is 43.3. The molecule has 20 nitrogen and oxygen atoms in total. The number of aliphatic hydroxyl groups excluding tert-OH is 1. The molecule has 0 aliphatic heterocycles. The standard InChI is InChI=1S/C20H24N2O9S4.C20H28N2O7S4/c1-34(28,29)19-7-6-17(32-19)20(26)21-8-3-9-33(27)13-14-4-2-5-16(10-14)35(30,31)22-15(12-23)11-18(24)25;1-3-16(13-23)22-33(28,29)17-7-4-6-15(12-17)14-31(25)11-5-10-21-20(24)18-8-9-19(30-18)32(2,26)27/h2,4-7,10,12,15,22H,3,8-9,11,13H2,1H3,(H,21,26)(H,24,25);4,6-9,12,16,22-23H,3,5,10-11,13-14H2,1-2H3,(H,21,24)/t15-,33?;16-,31?/m00/s1. The highest BCUT2D eigenvalue weighted by atomic mass is 32.2. The first-order chi connectivity index (χ1) is 31.8. The van der Waals surface area contributed by atoms with E-state index in [0.717, 1.165) is 35.2 Å². The van der Waals surface area contributed by atoms with Gasteiger partial charge in [0.15, 0.2) is 19.7 Å². The molecule has 6 N–H and O–H groups in total. The van der Waals surface area contributed by atoms with Crippen molar-refractivity contribution in [3.8, 4) is 0 Å². The molecule has 2 aromatic carbocycles.